The first-order chi connectivity index (χ1) is 15.0. The highest BCUT2D eigenvalue weighted by atomic mass is 35.5. The van der Waals surface area contributed by atoms with Crippen LogP contribution in [0.25, 0.3) is 5.57 Å². The molecule has 0 radical (unpaired) electrons. The van der Waals surface area contributed by atoms with E-state index in [2.05, 4.69) is 5.32 Å². The van der Waals surface area contributed by atoms with E-state index in [0.29, 0.717) is 27.6 Å². The number of halogens is 2. The molecule has 0 spiro atoms. The van der Waals surface area contributed by atoms with Crippen LogP contribution in [0, 0.1) is 5.82 Å². The molecule has 0 bridgehead atoms. The van der Waals surface area contributed by atoms with Gasteiger partial charge in [0.05, 0.1) is 19.2 Å². The number of amides is 2. The smallest absolute Gasteiger partial charge is 0.278 e. The molecule has 0 saturated heterocycles. The maximum atomic E-state index is 13.7. The summed E-state index contributed by atoms with van der Waals surface area (Å²) in [5, 5.41) is 3.39. The second-order valence-corrected chi connectivity index (χ2v) is 7.31. The van der Waals surface area contributed by atoms with Crippen molar-refractivity contribution in [2.75, 3.05) is 12.4 Å². The molecule has 0 atom stereocenters. The lowest BCUT2D eigenvalue weighted by Gasteiger charge is -2.16. The van der Waals surface area contributed by atoms with Crippen molar-refractivity contribution in [3.8, 4) is 5.75 Å². The number of hydrogen-bond donors (Lipinski definition) is 1. The Morgan fingerprint density at radius 3 is 2.39 bits per heavy atom. The largest absolute Gasteiger partial charge is 0.497 e. The molecule has 31 heavy (non-hydrogen) atoms. The number of methoxy groups -OCH3 is 1. The molecule has 1 aliphatic heterocycles. The Morgan fingerprint density at radius 1 is 0.968 bits per heavy atom. The molecule has 0 fully saturated rings. The topological polar surface area (TPSA) is 58.6 Å². The molecule has 1 heterocycles. The number of imide groups is 1. The minimum absolute atomic E-state index is 0.0192. The summed E-state index contributed by atoms with van der Waals surface area (Å²) < 4.78 is 18.9. The van der Waals surface area contributed by atoms with E-state index in [1.807, 2.05) is 0 Å². The Labute approximate surface area is 183 Å². The maximum absolute atomic E-state index is 13.7. The normalized spacial score (nSPS) is 13.7. The van der Waals surface area contributed by atoms with Gasteiger partial charge in [0.15, 0.2) is 0 Å². The second kappa shape index (κ2) is 8.62. The van der Waals surface area contributed by atoms with Crippen molar-refractivity contribution in [2.24, 2.45) is 0 Å². The first kappa shape index (κ1) is 20.6. The molecule has 3 aromatic carbocycles. The number of anilines is 1. The SMILES string of the molecule is COc1ccc(C2=C(Nc3cccc(F)c3)C(=O)N(Cc3ccccc3Cl)C2=O)cc1. The van der Waals surface area contributed by atoms with Gasteiger partial charge in [-0.15, -0.1) is 0 Å². The molecular weight excluding hydrogens is 419 g/mol. The summed E-state index contributed by atoms with van der Waals surface area (Å²) in [6.07, 6.45) is 0. The van der Waals surface area contributed by atoms with E-state index >= 15 is 0 Å². The first-order valence-electron chi connectivity index (χ1n) is 9.49. The van der Waals surface area contributed by atoms with Crippen molar-refractivity contribution in [3.63, 3.8) is 0 Å². The van der Waals surface area contributed by atoms with Crippen molar-refractivity contribution in [3.05, 3.63) is 100 Å². The summed E-state index contributed by atoms with van der Waals surface area (Å²) in [6, 6.07) is 19.5. The van der Waals surface area contributed by atoms with E-state index in [9.17, 15) is 14.0 Å². The number of carbonyl (C=O) groups is 2. The van der Waals surface area contributed by atoms with Gasteiger partial charge in [0.2, 0.25) is 0 Å². The number of benzene rings is 3. The minimum atomic E-state index is -0.514. The van der Waals surface area contributed by atoms with Crippen LogP contribution in [0.15, 0.2) is 78.5 Å². The highest BCUT2D eigenvalue weighted by Crippen LogP contribution is 2.33. The summed E-state index contributed by atoms with van der Waals surface area (Å²) in [7, 11) is 1.54. The molecule has 0 saturated carbocycles. The molecule has 156 valence electrons. The van der Waals surface area contributed by atoms with Crippen LogP contribution >= 0.6 is 11.6 Å². The van der Waals surface area contributed by atoms with E-state index in [1.54, 1.807) is 61.7 Å². The number of ether oxygens (including phenoxy) is 1. The van der Waals surface area contributed by atoms with Crippen LogP contribution in [0.4, 0.5) is 10.1 Å². The van der Waals surface area contributed by atoms with Gasteiger partial charge in [-0.1, -0.05) is 48.0 Å². The van der Waals surface area contributed by atoms with Crippen molar-refractivity contribution in [2.45, 2.75) is 6.54 Å². The van der Waals surface area contributed by atoms with Gasteiger partial charge in [-0.3, -0.25) is 14.5 Å². The minimum Gasteiger partial charge on any atom is -0.497 e. The molecule has 0 aromatic heterocycles. The third-order valence-corrected chi connectivity index (χ3v) is 5.30. The fourth-order valence-electron chi connectivity index (χ4n) is 3.37. The molecule has 0 unspecified atom stereocenters. The summed E-state index contributed by atoms with van der Waals surface area (Å²) in [4.78, 5) is 27.7. The summed E-state index contributed by atoms with van der Waals surface area (Å²) in [6.45, 7) is 0.0192. The molecule has 1 N–H and O–H groups in total. The highest BCUT2D eigenvalue weighted by molar-refractivity contribution is 6.36. The van der Waals surface area contributed by atoms with Gasteiger partial charge in [-0.05, 0) is 47.5 Å². The predicted molar refractivity (Wildman–Crippen MR) is 117 cm³/mol. The van der Waals surface area contributed by atoms with Gasteiger partial charge in [0, 0.05) is 10.7 Å². The first-order valence-corrected chi connectivity index (χ1v) is 9.86. The van der Waals surface area contributed by atoms with Crippen LogP contribution in [-0.4, -0.2) is 23.8 Å². The van der Waals surface area contributed by atoms with Gasteiger partial charge >= 0.3 is 0 Å². The average molecular weight is 437 g/mol. The van der Waals surface area contributed by atoms with Gasteiger partial charge in [-0.2, -0.15) is 0 Å². The number of hydrogen-bond acceptors (Lipinski definition) is 4. The van der Waals surface area contributed by atoms with E-state index in [0.717, 1.165) is 4.90 Å². The quantitative estimate of drug-likeness (QED) is 0.559. The number of carbonyl (C=O) groups excluding carboxylic acids is 2. The van der Waals surface area contributed by atoms with E-state index in [1.165, 1.54) is 18.2 Å². The molecule has 7 heteroatoms. The van der Waals surface area contributed by atoms with Crippen LogP contribution in [0.2, 0.25) is 5.02 Å². The van der Waals surface area contributed by atoms with Gasteiger partial charge in [0.25, 0.3) is 11.8 Å². The van der Waals surface area contributed by atoms with Crippen LogP contribution in [0.3, 0.4) is 0 Å². The highest BCUT2D eigenvalue weighted by Gasteiger charge is 2.39. The molecular formula is C24H18ClFN2O3. The predicted octanol–water partition coefficient (Wildman–Crippen LogP) is 4.88. The fraction of sp³-hybridized carbons (Fsp3) is 0.0833. The molecule has 5 nitrogen and oxygen atoms in total. The maximum Gasteiger partial charge on any atom is 0.278 e. The van der Waals surface area contributed by atoms with Crippen LogP contribution in [-0.2, 0) is 16.1 Å². The van der Waals surface area contributed by atoms with Crippen LogP contribution in [0.5, 0.6) is 5.75 Å². The second-order valence-electron chi connectivity index (χ2n) is 6.90. The third kappa shape index (κ3) is 4.15. The number of nitrogens with zero attached hydrogens (tertiary/aromatic N) is 1. The van der Waals surface area contributed by atoms with Crippen molar-refractivity contribution < 1.29 is 18.7 Å². The Bertz CT molecular complexity index is 1190. The van der Waals surface area contributed by atoms with E-state index in [-0.39, 0.29) is 17.8 Å². The van der Waals surface area contributed by atoms with Gasteiger partial charge in [-0.25, -0.2) is 4.39 Å². The lowest BCUT2D eigenvalue weighted by atomic mass is 10.0. The molecule has 0 aliphatic carbocycles. The lowest BCUT2D eigenvalue weighted by molar-refractivity contribution is -0.137. The zero-order valence-electron chi connectivity index (χ0n) is 16.6. The lowest BCUT2D eigenvalue weighted by Crippen LogP contribution is -2.32. The Balaban J connectivity index is 1.75. The molecule has 1 aliphatic rings. The molecule has 2 amide bonds. The van der Waals surface area contributed by atoms with Crippen molar-refractivity contribution in [1.82, 2.24) is 4.90 Å². The van der Waals surface area contributed by atoms with Gasteiger partial charge < -0.3 is 10.1 Å². The average Bonchev–Trinajstić information content (AvgIpc) is 2.99. The van der Waals surface area contributed by atoms with Gasteiger partial charge in [0.1, 0.15) is 17.3 Å². The third-order valence-electron chi connectivity index (χ3n) is 4.93. The zero-order valence-corrected chi connectivity index (χ0v) is 17.3. The zero-order chi connectivity index (χ0) is 22.0. The summed E-state index contributed by atoms with van der Waals surface area (Å²) >= 11 is 6.23. The fourth-order valence-corrected chi connectivity index (χ4v) is 3.56. The van der Waals surface area contributed by atoms with Crippen LogP contribution in [0.1, 0.15) is 11.1 Å². The molecule has 4 rings (SSSR count). The standard InChI is InChI=1S/C24H18ClFN2O3/c1-31-19-11-9-15(10-12-19)21-22(27-18-7-4-6-17(26)13-18)24(30)28(23(21)29)14-16-5-2-3-8-20(16)25/h2-13,27H,14H2,1H3. The van der Waals surface area contributed by atoms with Crippen molar-refractivity contribution in [1.29, 1.82) is 0 Å². The van der Waals surface area contributed by atoms with E-state index < -0.39 is 17.6 Å². The van der Waals surface area contributed by atoms with Crippen molar-refractivity contribution >= 4 is 34.7 Å². The summed E-state index contributed by atoms with van der Waals surface area (Å²) in [5.41, 5.74) is 1.82. The number of rotatable bonds is 6. The Hall–Kier alpha value is -3.64. The Kier molecular flexibility index (Phi) is 5.73. The van der Waals surface area contributed by atoms with E-state index in [4.69, 9.17) is 16.3 Å². The van der Waals surface area contributed by atoms with Crippen LogP contribution < -0.4 is 10.1 Å². The monoisotopic (exact) mass is 436 g/mol. The molecule has 3 aromatic rings. The Morgan fingerprint density at radius 2 is 1.71 bits per heavy atom. The number of nitrogens with one attached hydrogen (secondary N) is 1. The summed E-state index contributed by atoms with van der Waals surface area (Å²) in [5.74, 6) is -0.816.